The van der Waals surface area contributed by atoms with E-state index in [9.17, 15) is 4.79 Å². The van der Waals surface area contributed by atoms with Crippen LogP contribution in [0.4, 0.5) is 0 Å². The van der Waals surface area contributed by atoms with Crippen molar-refractivity contribution in [2.75, 3.05) is 34.3 Å². The quantitative estimate of drug-likeness (QED) is 0.788. The number of carbonyl (C=O) groups is 1. The van der Waals surface area contributed by atoms with Crippen molar-refractivity contribution in [3.05, 3.63) is 35.4 Å². The number of amides is 1. The predicted octanol–water partition coefficient (Wildman–Crippen LogP) is 1.35. The summed E-state index contributed by atoms with van der Waals surface area (Å²) in [4.78, 5) is 16.0. The van der Waals surface area contributed by atoms with Crippen LogP contribution in [0, 0.1) is 0 Å². The highest BCUT2D eigenvalue weighted by Gasteiger charge is 2.35. The molecule has 0 aliphatic carbocycles. The lowest BCUT2D eigenvalue weighted by atomic mass is 10.1. The molecule has 1 aromatic rings. The molecule has 0 bridgehead atoms. The molecule has 4 nitrogen and oxygen atoms in total. The fraction of sp³-hybridized carbons (Fsp3) is 0.462. The lowest BCUT2D eigenvalue weighted by Gasteiger charge is -2.25. The minimum Gasteiger partial charge on any atom is -0.357 e. The molecule has 0 spiro atoms. The van der Waals surface area contributed by atoms with Crippen LogP contribution in [-0.4, -0.2) is 50.0 Å². The molecule has 0 saturated heterocycles. The monoisotopic (exact) mass is 234 g/mol. The van der Waals surface area contributed by atoms with Crippen LogP contribution in [0.25, 0.3) is 0 Å². The van der Waals surface area contributed by atoms with Crippen molar-refractivity contribution >= 4 is 5.91 Å². The van der Waals surface area contributed by atoms with Crippen LogP contribution in [0.1, 0.15) is 22.1 Å². The molecule has 1 aliphatic rings. The molecule has 2 rings (SSSR count). The normalized spacial score (nSPS) is 18.9. The molecule has 1 aromatic carbocycles. The van der Waals surface area contributed by atoms with E-state index in [1.807, 2.05) is 38.4 Å². The van der Waals surface area contributed by atoms with Gasteiger partial charge in [0.15, 0.2) is 6.23 Å². The highest BCUT2D eigenvalue weighted by molar-refractivity contribution is 5.98. The summed E-state index contributed by atoms with van der Waals surface area (Å²) in [5, 5.41) is 0. The molecule has 1 aliphatic heterocycles. The van der Waals surface area contributed by atoms with E-state index >= 15 is 0 Å². The van der Waals surface area contributed by atoms with Gasteiger partial charge in [0.1, 0.15) is 0 Å². The standard InChI is InChI=1S/C13H18N2O2/c1-14(2)8-9-15-12(16)10-6-4-5-7-11(10)13(15)17-3/h4-7,13H,8-9H2,1-3H3. The molecule has 1 heterocycles. The first-order chi connectivity index (χ1) is 8.15. The van der Waals surface area contributed by atoms with Crippen LogP contribution in [0.2, 0.25) is 0 Å². The Morgan fingerprint density at radius 2 is 2.06 bits per heavy atom. The lowest BCUT2D eigenvalue weighted by Crippen LogP contribution is -2.35. The summed E-state index contributed by atoms with van der Waals surface area (Å²) in [5.74, 6) is 0.0642. The summed E-state index contributed by atoms with van der Waals surface area (Å²) < 4.78 is 5.44. The molecule has 92 valence electrons. The van der Waals surface area contributed by atoms with E-state index in [4.69, 9.17) is 4.74 Å². The van der Waals surface area contributed by atoms with E-state index in [-0.39, 0.29) is 12.1 Å². The van der Waals surface area contributed by atoms with Crippen molar-refractivity contribution in [3.8, 4) is 0 Å². The van der Waals surface area contributed by atoms with Gasteiger partial charge in [0.05, 0.1) is 0 Å². The maximum atomic E-state index is 12.2. The zero-order valence-corrected chi connectivity index (χ0v) is 10.5. The van der Waals surface area contributed by atoms with Gasteiger partial charge in [-0.1, -0.05) is 18.2 Å². The van der Waals surface area contributed by atoms with Gasteiger partial charge in [-0.15, -0.1) is 0 Å². The summed E-state index contributed by atoms with van der Waals surface area (Å²) in [5.41, 5.74) is 1.73. The van der Waals surface area contributed by atoms with Gasteiger partial charge in [0.2, 0.25) is 0 Å². The Bertz CT molecular complexity index is 418. The van der Waals surface area contributed by atoms with Crippen molar-refractivity contribution in [2.24, 2.45) is 0 Å². The Morgan fingerprint density at radius 1 is 1.35 bits per heavy atom. The fourth-order valence-corrected chi connectivity index (χ4v) is 2.12. The fourth-order valence-electron chi connectivity index (χ4n) is 2.12. The Labute approximate surface area is 102 Å². The van der Waals surface area contributed by atoms with Gasteiger partial charge in [-0.05, 0) is 20.2 Å². The molecular formula is C13H18N2O2. The molecule has 0 saturated carbocycles. The van der Waals surface area contributed by atoms with E-state index < -0.39 is 0 Å². The summed E-state index contributed by atoms with van der Waals surface area (Å²) in [6, 6.07) is 7.64. The first kappa shape index (κ1) is 12.1. The number of fused-ring (bicyclic) bond motifs is 1. The average Bonchev–Trinajstić information content (AvgIpc) is 2.60. The summed E-state index contributed by atoms with van der Waals surface area (Å²) in [6.45, 7) is 1.51. The van der Waals surface area contributed by atoms with E-state index in [0.717, 1.165) is 17.7 Å². The van der Waals surface area contributed by atoms with Crippen LogP contribution >= 0.6 is 0 Å². The summed E-state index contributed by atoms with van der Waals surface area (Å²) in [6.07, 6.45) is -0.237. The molecular weight excluding hydrogens is 216 g/mol. The second-order valence-electron chi connectivity index (χ2n) is 4.48. The molecule has 0 N–H and O–H groups in total. The summed E-state index contributed by atoms with van der Waals surface area (Å²) >= 11 is 0. The summed E-state index contributed by atoms with van der Waals surface area (Å²) in [7, 11) is 5.63. The average molecular weight is 234 g/mol. The zero-order valence-electron chi connectivity index (χ0n) is 10.5. The molecule has 0 fully saturated rings. The molecule has 1 unspecified atom stereocenters. The van der Waals surface area contributed by atoms with Gasteiger partial charge in [0.25, 0.3) is 5.91 Å². The number of methoxy groups -OCH3 is 1. The van der Waals surface area contributed by atoms with Gasteiger partial charge in [0, 0.05) is 31.3 Å². The number of nitrogens with zero attached hydrogens (tertiary/aromatic N) is 2. The van der Waals surface area contributed by atoms with Gasteiger partial charge in [-0.3, -0.25) is 4.79 Å². The van der Waals surface area contributed by atoms with Crippen LogP contribution in [0.5, 0.6) is 0 Å². The second-order valence-corrected chi connectivity index (χ2v) is 4.48. The highest BCUT2D eigenvalue weighted by atomic mass is 16.5. The van der Waals surface area contributed by atoms with Crippen LogP contribution in [0.15, 0.2) is 24.3 Å². The molecule has 1 amide bonds. The number of benzene rings is 1. The SMILES string of the molecule is COC1c2ccccc2C(=O)N1CCN(C)C. The topological polar surface area (TPSA) is 32.8 Å². The Morgan fingerprint density at radius 3 is 2.71 bits per heavy atom. The third kappa shape index (κ3) is 2.18. The van der Waals surface area contributed by atoms with Crippen LogP contribution < -0.4 is 0 Å². The number of ether oxygens (including phenoxy) is 1. The first-order valence-electron chi connectivity index (χ1n) is 5.72. The second kappa shape index (κ2) is 4.85. The Kier molecular flexibility index (Phi) is 3.45. The smallest absolute Gasteiger partial charge is 0.256 e. The maximum Gasteiger partial charge on any atom is 0.256 e. The third-order valence-corrected chi connectivity index (χ3v) is 3.01. The van der Waals surface area contributed by atoms with Crippen molar-refractivity contribution in [1.82, 2.24) is 9.80 Å². The maximum absolute atomic E-state index is 12.2. The third-order valence-electron chi connectivity index (χ3n) is 3.01. The minimum atomic E-state index is -0.237. The van der Waals surface area contributed by atoms with Gasteiger partial charge < -0.3 is 14.5 Å². The highest BCUT2D eigenvalue weighted by Crippen LogP contribution is 2.33. The van der Waals surface area contributed by atoms with Gasteiger partial charge in [-0.25, -0.2) is 0 Å². The Balaban J connectivity index is 2.23. The van der Waals surface area contributed by atoms with Crippen LogP contribution in [-0.2, 0) is 4.74 Å². The van der Waals surface area contributed by atoms with Crippen molar-refractivity contribution in [3.63, 3.8) is 0 Å². The molecule has 0 aromatic heterocycles. The molecule has 4 heteroatoms. The zero-order chi connectivity index (χ0) is 12.4. The number of likely N-dealkylation sites (N-methyl/N-ethyl adjacent to an activating group) is 1. The van der Waals surface area contributed by atoms with E-state index in [2.05, 4.69) is 4.90 Å². The van der Waals surface area contributed by atoms with Crippen molar-refractivity contribution < 1.29 is 9.53 Å². The first-order valence-corrected chi connectivity index (χ1v) is 5.72. The lowest BCUT2D eigenvalue weighted by molar-refractivity contribution is -0.0142. The molecule has 17 heavy (non-hydrogen) atoms. The Hall–Kier alpha value is -1.39. The van der Waals surface area contributed by atoms with E-state index in [0.29, 0.717) is 6.54 Å². The van der Waals surface area contributed by atoms with Crippen molar-refractivity contribution in [2.45, 2.75) is 6.23 Å². The largest absolute Gasteiger partial charge is 0.357 e. The number of hydrogen-bond donors (Lipinski definition) is 0. The minimum absolute atomic E-state index is 0.0642. The van der Waals surface area contributed by atoms with Gasteiger partial charge in [-0.2, -0.15) is 0 Å². The predicted molar refractivity (Wildman–Crippen MR) is 65.8 cm³/mol. The number of rotatable bonds is 4. The number of hydrogen-bond acceptors (Lipinski definition) is 3. The van der Waals surface area contributed by atoms with E-state index in [1.54, 1.807) is 12.0 Å². The van der Waals surface area contributed by atoms with Crippen LogP contribution in [0.3, 0.4) is 0 Å². The molecule has 1 atom stereocenters. The van der Waals surface area contributed by atoms with Gasteiger partial charge >= 0.3 is 0 Å². The van der Waals surface area contributed by atoms with Crippen molar-refractivity contribution in [1.29, 1.82) is 0 Å². The molecule has 0 radical (unpaired) electrons. The van der Waals surface area contributed by atoms with E-state index in [1.165, 1.54) is 0 Å². The number of carbonyl (C=O) groups excluding carboxylic acids is 1.